The van der Waals surface area contributed by atoms with Crippen LogP contribution in [-0.2, 0) is 10.0 Å². The van der Waals surface area contributed by atoms with E-state index in [1.54, 1.807) is 6.07 Å². The van der Waals surface area contributed by atoms with Gasteiger partial charge in [0.1, 0.15) is 11.3 Å². The zero-order chi connectivity index (χ0) is 23.9. The molecule has 0 radical (unpaired) electrons. The minimum Gasteiger partial charge on any atom is -0.495 e. The Morgan fingerprint density at radius 3 is 2.53 bits per heavy atom. The highest BCUT2D eigenvalue weighted by molar-refractivity contribution is 7.89. The first kappa shape index (κ1) is 22.4. The number of nitrogens with one attached hydrogen (secondary N) is 1. The average Bonchev–Trinajstić information content (AvgIpc) is 3.21. The summed E-state index contributed by atoms with van der Waals surface area (Å²) in [5.41, 5.74) is 1.64. The van der Waals surface area contributed by atoms with E-state index in [0.717, 1.165) is 35.4 Å². The third-order valence-corrected chi connectivity index (χ3v) is 8.30. The first-order chi connectivity index (χ1) is 16.4. The summed E-state index contributed by atoms with van der Waals surface area (Å²) < 4.78 is 39.2. The monoisotopic (exact) mass is 478 g/mol. The van der Waals surface area contributed by atoms with Crippen molar-refractivity contribution in [2.45, 2.75) is 31.1 Å². The van der Waals surface area contributed by atoms with E-state index < -0.39 is 15.9 Å². The Morgan fingerprint density at radius 2 is 1.76 bits per heavy atom. The van der Waals surface area contributed by atoms with Crippen LogP contribution < -0.4 is 10.1 Å². The van der Waals surface area contributed by atoms with Gasteiger partial charge in [-0.25, -0.2) is 8.42 Å². The Bertz CT molecular complexity index is 1500. The maximum atomic E-state index is 13.3. The highest BCUT2D eigenvalue weighted by Gasteiger charge is 2.27. The second-order valence-corrected chi connectivity index (χ2v) is 10.4. The number of carbonyl (C=O) groups is 1. The molecule has 1 aromatic heterocycles. The van der Waals surface area contributed by atoms with Crippen LogP contribution in [0.15, 0.2) is 63.9 Å². The average molecular weight is 479 g/mol. The van der Waals surface area contributed by atoms with Crippen LogP contribution in [-0.4, -0.2) is 38.8 Å². The molecule has 1 N–H and O–H groups in total. The van der Waals surface area contributed by atoms with Crippen LogP contribution >= 0.6 is 0 Å². The highest BCUT2D eigenvalue weighted by Crippen LogP contribution is 2.34. The van der Waals surface area contributed by atoms with Crippen molar-refractivity contribution in [1.29, 1.82) is 0 Å². The van der Waals surface area contributed by atoms with Crippen LogP contribution in [0.5, 0.6) is 5.75 Å². The van der Waals surface area contributed by atoms with Crippen LogP contribution in [0.3, 0.4) is 0 Å². The lowest BCUT2D eigenvalue weighted by Crippen LogP contribution is -2.35. The summed E-state index contributed by atoms with van der Waals surface area (Å²) in [7, 11) is -2.19. The number of methoxy groups -OCH3 is 1. The topological polar surface area (TPSA) is 88.9 Å². The highest BCUT2D eigenvalue weighted by atomic mass is 32.2. The van der Waals surface area contributed by atoms with E-state index >= 15 is 0 Å². The molecule has 176 valence electrons. The molecular formula is C26H26N2O5S. The molecule has 0 saturated carbocycles. The first-order valence-corrected chi connectivity index (χ1v) is 12.7. The second-order valence-electron chi connectivity index (χ2n) is 8.50. The number of ether oxygens (including phenoxy) is 1. The molecule has 1 aliphatic rings. The van der Waals surface area contributed by atoms with E-state index in [9.17, 15) is 13.2 Å². The summed E-state index contributed by atoms with van der Waals surface area (Å²) in [6.45, 7) is 2.84. The van der Waals surface area contributed by atoms with E-state index in [1.165, 1.54) is 23.5 Å². The van der Waals surface area contributed by atoms with Gasteiger partial charge in [0.05, 0.1) is 17.7 Å². The van der Waals surface area contributed by atoms with Gasteiger partial charge in [-0.1, -0.05) is 42.8 Å². The molecule has 2 heterocycles. The number of fused-ring (bicyclic) bond motifs is 3. The number of furan rings is 1. The molecule has 0 atom stereocenters. The zero-order valence-electron chi connectivity index (χ0n) is 19.1. The Labute approximate surface area is 198 Å². The van der Waals surface area contributed by atoms with Crippen molar-refractivity contribution < 1.29 is 22.4 Å². The molecule has 4 aromatic rings. The van der Waals surface area contributed by atoms with Gasteiger partial charge in [0.2, 0.25) is 10.0 Å². The molecular weight excluding hydrogens is 452 g/mol. The van der Waals surface area contributed by atoms with E-state index in [2.05, 4.69) is 5.32 Å². The van der Waals surface area contributed by atoms with Gasteiger partial charge in [-0.2, -0.15) is 4.31 Å². The van der Waals surface area contributed by atoms with Crippen molar-refractivity contribution in [3.63, 3.8) is 0 Å². The number of aryl methyl sites for hydroxylation is 1. The molecule has 1 amide bonds. The summed E-state index contributed by atoms with van der Waals surface area (Å²) in [4.78, 5) is 13.4. The quantitative estimate of drug-likeness (QED) is 0.419. The van der Waals surface area contributed by atoms with Gasteiger partial charge < -0.3 is 14.5 Å². The van der Waals surface area contributed by atoms with Crippen molar-refractivity contribution in [1.82, 2.24) is 4.31 Å². The molecule has 3 aromatic carbocycles. The fourth-order valence-electron chi connectivity index (χ4n) is 4.54. The lowest BCUT2D eigenvalue weighted by Gasteiger charge is -2.26. The van der Waals surface area contributed by atoms with Crippen LogP contribution in [0, 0.1) is 6.92 Å². The molecule has 0 bridgehead atoms. The number of sulfonamides is 1. The van der Waals surface area contributed by atoms with Gasteiger partial charge in [0.15, 0.2) is 5.76 Å². The Hall–Kier alpha value is -3.36. The third kappa shape index (κ3) is 3.82. The Balaban J connectivity index is 1.51. The molecule has 0 spiro atoms. The standard InChI is InChI=1S/C26H26N2O5S/c1-17-20-12-10-18-8-4-5-9-21(18)25(20)33-24(17)26(29)27-22-16-19(11-13-23(22)32-2)34(30,31)28-14-6-3-7-15-28/h4-5,8-13,16H,3,6-7,14-15H2,1-2H3,(H,27,29). The van der Waals surface area contributed by atoms with Gasteiger partial charge in [0.25, 0.3) is 5.91 Å². The zero-order valence-corrected chi connectivity index (χ0v) is 19.9. The van der Waals surface area contributed by atoms with E-state index in [4.69, 9.17) is 9.15 Å². The molecule has 7 nitrogen and oxygen atoms in total. The fraction of sp³-hybridized carbons (Fsp3) is 0.269. The van der Waals surface area contributed by atoms with Crippen molar-refractivity contribution in [2.75, 3.05) is 25.5 Å². The molecule has 1 aliphatic heterocycles. The number of rotatable bonds is 5. The third-order valence-electron chi connectivity index (χ3n) is 6.41. The lowest BCUT2D eigenvalue weighted by molar-refractivity contribution is 0.0997. The van der Waals surface area contributed by atoms with Crippen LogP contribution in [0.4, 0.5) is 5.69 Å². The van der Waals surface area contributed by atoms with Crippen LogP contribution in [0.25, 0.3) is 21.7 Å². The van der Waals surface area contributed by atoms with Gasteiger partial charge in [-0.3, -0.25) is 4.79 Å². The molecule has 8 heteroatoms. The van der Waals surface area contributed by atoms with Crippen molar-refractivity contribution in [2.24, 2.45) is 0 Å². The largest absolute Gasteiger partial charge is 0.495 e. The predicted molar refractivity (Wildman–Crippen MR) is 132 cm³/mol. The molecule has 34 heavy (non-hydrogen) atoms. The Morgan fingerprint density at radius 1 is 1.00 bits per heavy atom. The number of amides is 1. The molecule has 0 unspecified atom stereocenters. The van der Waals surface area contributed by atoms with Gasteiger partial charge in [-0.05, 0) is 43.4 Å². The normalized spacial score (nSPS) is 15.0. The predicted octanol–water partition coefficient (Wildman–Crippen LogP) is 5.33. The van der Waals surface area contributed by atoms with Crippen LogP contribution in [0.1, 0.15) is 35.4 Å². The SMILES string of the molecule is COc1ccc(S(=O)(=O)N2CCCCC2)cc1NC(=O)c1oc2c(ccc3ccccc32)c1C. The Kier molecular flexibility index (Phi) is 5.79. The van der Waals surface area contributed by atoms with Gasteiger partial charge >= 0.3 is 0 Å². The number of carbonyl (C=O) groups excluding carboxylic acids is 1. The molecule has 5 rings (SSSR count). The summed E-state index contributed by atoms with van der Waals surface area (Å²) in [5, 5.41) is 5.61. The van der Waals surface area contributed by atoms with Crippen molar-refractivity contribution in [3.8, 4) is 5.75 Å². The summed E-state index contributed by atoms with van der Waals surface area (Å²) in [6, 6.07) is 16.3. The molecule has 1 fully saturated rings. The van der Waals surface area contributed by atoms with E-state index in [1.807, 2.05) is 43.3 Å². The van der Waals surface area contributed by atoms with Crippen molar-refractivity contribution in [3.05, 3.63) is 65.9 Å². The minimum atomic E-state index is -3.66. The maximum Gasteiger partial charge on any atom is 0.291 e. The van der Waals surface area contributed by atoms with Crippen LogP contribution in [0.2, 0.25) is 0 Å². The lowest BCUT2D eigenvalue weighted by atomic mass is 10.1. The van der Waals surface area contributed by atoms with Crippen molar-refractivity contribution >= 4 is 43.4 Å². The molecule has 1 saturated heterocycles. The minimum absolute atomic E-state index is 0.123. The number of hydrogen-bond donors (Lipinski definition) is 1. The molecule has 0 aliphatic carbocycles. The summed E-state index contributed by atoms with van der Waals surface area (Å²) >= 11 is 0. The first-order valence-electron chi connectivity index (χ1n) is 11.3. The van der Waals surface area contributed by atoms with Gasteiger partial charge in [0, 0.05) is 29.4 Å². The second kappa shape index (κ2) is 8.77. The van der Waals surface area contributed by atoms with Gasteiger partial charge in [-0.15, -0.1) is 0 Å². The summed E-state index contributed by atoms with van der Waals surface area (Å²) in [6.07, 6.45) is 2.72. The smallest absolute Gasteiger partial charge is 0.291 e. The maximum absolute atomic E-state index is 13.3. The number of benzene rings is 3. The summed E-state index contributed by atoms with van der Waals surface area (Å²) in [5.74, 6) is 0.0754. The number of anilines is 1. The number of piperidine rings is 1. The van der Waals surface area contributed by atoms with E-state index in [0.29, 0.717) is 30.0 Å². The number of nitrogens with zero attached hydrogens (tertiary/aromatic N) is 1. The van der Waals surface area contributed by atoms with E-state index in [-0.39, 0.29) is 16.3 Å². The number of hydrogen-bond acceptors (Lipinski definition) is 5. The fourth-order valence-corrected chi connectivity index (χ4v) is 6.09.